The zero-order valence-electron chi connectivity index (χ0n) is 19.7. The molecule has 0 spiro atoms. The molecular formula is C25H35NO4Si. The van der Waals surface area contributed by atoms with E-state index in [2.05, 4.69) is 41.5 Å². The summed E-state index contributed by atoms with van der Waals surface area (Å²) in [6, 6.07) is 11.2. The number of anilines is 1. The van der Waals surface area contributed by atoms with Gasteiger partial charge in [0, 0.05) is 5.69 Å². The molecule has 2 heterocycles. The molecule has 0 aliphatic carbocycles. The number of furan rings is 1. The van der Waals surface area contributed by atoms with E-state index in [-0.39, 0.29) is 11.9 Å². The number of carbonyl (C=O) groups excluding carboxylic acids is 1. The van der Waals surface area contributed by atoms with Crippen molar-refractivity contribution in [1.29, 1.82) is 0 Å². The molecule has 0 bridgehead atoms. The van der Waals surface area contributed by atoms with Gasteiger partial charge in [-0.3, -0.25) is 4.79 Å². The summed E-state index contributed by atoms with van der Waals surface area (Å²) in [6.07, 6.45) is 5.12. The monoisotopic (exact) mass is 441 g/mol. The van der Waals surface area contributed by atoms with Gasteiger partial charge in [0.2, 0.25) is 8.32 Å². The van der Waals surface area contributed by atoms with Crippen molar-refractivity contribution >= 4 is 26.0 Å². The molecule has 2 atom stereocenters. The van der Waals surface area contributed by atoms with Crippen molar-refractivity contribution in [1.82, 2.24) is 0 Å². The van der Waals surface area contributed by atoms with E-state index in [1.54, 1.807) is 13.4 Å². The Labute approximate surface area is 187 Å². The van der Waals surface area contributed by atoms with Crippen molar-refractivity contribution in [2.45, 2.75) is 70.3 Å². The van der Waals surface area contributed by atoms with Gasteiger partial charge in [-0.25, -0.2) is 0 Å². The molecule has 1 aliphatic rings. The lowest BCUT2D eigenvalue weighted by Crippen LogP contribution is -2.69. The predicted molar refractivity (Wildman–Crippen MR) is 128 cm³/mol. The summed E-state index contributed by atoms with van der Waals surface area (Å²) < 4.78 is 17.6. The van der Waals surface area contributed by atoms with Crippen molar-refractivity contribution in [3.05, 3.63) is 54.5 Å². The second kappa shape index (κ2) is 9.45. The Hall–Kier alpha value is -2.31. The van der Waals surface area contributed by atoms with E-state index in [0.717, 1.165) is 17.2 Å². The van der Waals surface area contributed by atoms with Crippen molar-refractivity contribution < 1.29 is 18.4 Å². The summed E-state index contributed by atoms with van der Waals surface area (Å²) in [5, 5.41) is 0. The molecule has 0 N–H and O–H groups in total. The van der Waals surface area contributed by atoms with Crippen LogP contribution in [0.25, 0.3) is 6.08 Å². The summed E-state index contributed by atoms with van der Waals surface area (Å²) in [6.45, 7) is 13.4. The molecule has 1 aromatic carbocycles. The van der Waals surface area contributed by atoms with E-state index in [1.807, 2.05) is 53.5 Å². The second-order valence-electron chi connectivity index (χ2n) is 9.13. The van der Waals surface area contributed by atoms with E-state index in [1.165, 1.54) is 0 Å². The first kappa shape index (κ1) is 23.4. The Balaban J connectivity index is 1.95. The highest BCUT2D eigenvalue weighted by molar-refractivity contribution is 6.77. The number of hydrogen-bond acceptors (Lipinski definition) is 4. The van der Waals surface area contributed by atoms with E-state index >= 15 is 0 Å². The van der Waals surface area contributed by atoms with Crippen LogP contribution in [0.2, 0.25) is 16.6 Å². The smallest absolute Gasteiger partial charge is 0.258 e. The lowest BCUT2D eigenvalue weighted by molar-refractivity contribution is -0.134. The minimum Gasteiger partial charge on any atom is -0.497 e. The first-order valence-electron chi connectivity index (χ1n) is 11.1. The van der Waals surface area contributed by atoms with Crippen LogP contribution in [0.5, 0.6) is 5.75 Å². The second-order valence-corrected chi connectivity index (χ2v) is 14.5. The quantitative estimate of drug-likeness (QED) is 0.339. The minimum atomic E-state index is -2.21. The van der Waals surface area contributed by atoms with Crippen molar-refractivity contribution in [2.24, 2.45) is 0 Å². The Bertz CT molecular complexity index is 865. The van der Waals surface area contributed by atoms with Gasteiger partial charge in [-0.1, -0.05) is 47.6 Å². The molecule has 0 saturated carbocycles. The molecule has 1 aromatic heterocycles. The summed E-state index contributed by atoms with van der Waals surface area (Å²) in [5.74, 6) is 1.53. The van der Waals surface area contributed by atoms with Gasteiger partial charge in [0.05, 0.1) is 19.4 Å². The maximum atomic E-state index is 13.4. The molecular weight excluding hydrogens is 406 g/mol. The van der Waals surface area contributed by atoms with Crippen LogP contribution in [-0.4, -0.2) is 33.5 Å². The van der Waals surface area contributed by atoms with Crippen molar-refractivity contribution in [3.8, 4) is 5.75 Å². The van der Waals surface area contributed by atoms with Crippen LogP contribution in [0.3, 0.4) is 0 Å². The number of hydrogen-bond donors (Lipinski definition) is 0. The Morgan fingerprint density at radius 1 is 1.00 bits per heavy atom. The summed E-state index contributed by atoms with van der Waals surface area (Å²) >= 11 is 0. The number of amides is 1. The van der Waals surface area contributed by atoms with Gasteiger partial charge in [0.25, 0.3) is 5.91 Å². The third-order valence-electron chi connectivity index (χ3n) is 6.48. The Morgan fingerprint density at radius 3 is 2.10 bits per heavy atom. The summed E-state index contributed by atoms with van der Waals surface area (Å²) in [4.78, 5) is 15.2. The molecule has 6 heteroatoms. The molecule has 1 fully saturated rings. The number of benzene rings is 1. The zero-order valence-corrected chi connectivity index (χ0v) is 20.7. The van der Waals surface area contributed by atoms with E-state index in [4.69, 9.17) is 13.6 Å². The molecule has 3 rings (SSSR count). The maximum absolute atomic E-state index is 13.4. The van der Waals surface area contributed by atoms with Crippen LogP contribution in [-0.2, 0) is 9.22 Å². The Morgan fingerprint density at radius 2 is 1.61 bits per heavy atom. The van der Waals surface area contributed by atoms with Gasteiger partial charge in [0.15, 0.2) is 0 Å². The summed E-state index contributed by atoms with van der Waals surface area (Å²) in [5.41, 5.74) is 2.06. The van der Waals surface area contributed by atoms with Crippen LogP contribution in [0, 0.1) is 0 Å². The van der Waals surface area contributed by atoms with Gasteiger partial charge >= 0.3 is 0 Å². The standard InChI is InChI=1S/C25H35NO4Si/c1-17(2)31(18(3)4,19(5)6)30-24-23(15-14-22-9-8-16-29-22)26(25(24)27)20-10-12-21(28-7)13-11-20/h8-19,23-24H,1-7H3. The number of β-lactam (4-membered cyclic amide) rings is 1. The molecule has 1 aliphatic heterocycles. The average molecular weight is 442 g/mol. The number of methoxy groups -OCH3 is 1. The van der Waals surface area contributed by atoms with Crippen LogP contribution in [0.15, 0.2) is 53.2 Å². The number of carbonyl (C=O) groups is 1. The number of nitrogens with zero attached hydrogens (tertiary/aromatic N) is 1. The van der Waals surface area contributed by atoms with Gasteiger partial charge < -0.3 is 18.5 Å². The normalized spacial score (nSPS) is 19.7. The van der Waals surface area contributed by atoms with Gasteiger partial charge in [-0.2, -0.15) is 0 Å². The van der Waals surface area contributed by atoms with E-state index < -0.39 is 14.4 Å². The SMILES string of the molecule is COc1ccc(N2C(=O)C(O[Si](C(C)C)(C(C)C)C(C)C)C2C=Cc2ccco2)cc1. The minimum absolute atomic E-state index is 0.0121. The van der Waals surface area contributed by atoms with Gasteiger partial charge in [0.1, 0.15) is 17.6 Å². The lowest BCUT2D eigenvalue weighted by Gasteiger charge is -2.52. The number of rotatable bonds is 9. The zero-order chi connectivity index (χ0) is 22.8. The van der Waals surface area contributed by atoms with E-state index in [0.29, 0.717) is 16.6 Å². The van der Waals surface area contributed by atoms with Crippen molar-refractivity contribution in [2.75, 3.05) is 12.0 Å². The molecule has 2 aromatic rings. The molecule has 5 nitrogen and oxygen atoms in total. The first-order chi connectivity index (χ1) is 14.7. The molecule has 31 heavy (non-hydrogen) atoms. The maximum Gasteiger partial charge on any atom is 0.258 e. The van der Waals surface area contributed by atoms with Crippen LogP contribution >= 0.6 is 0 Å². The molecule has 0 radical (unpaired) electrons. The summed E-state index contributed by atoms with van der Waals surface area (Å²) in [7, 11) is -0.574. The molecule has 168 valence electrons. The predicted octanol–water partition coefficient (Wildman–Crippen LogP) is 6.28. The molecule has 1 saturated heterocycles. The lowest BCUT2D eigenvalue weighted by atomic mass is 9.96. The topological polar surface area (TPSA) is 51.9 Å². The fourth-order valence-corrected chi connectivity index (χ4v) is 10.5. The van der Waals surface area contributed by atoms with Gasteiger partial charge in [-0.05, 0) is 59.1 Å². The molecule has 1 amide bonds. The third kappa shape index (κ3) is 4.37. The highest BCUT2D eigenvalue weighted by atomic mass is 28.4. The molecule has 2 unspecified atom stereocenters. The van der Waals surface area contributed by atoms with E-state index in [9.17, 15) is 4.79 Å². The largest absolute Gasteiger partial charge is 0.497 e. The fourth-order valence-electron chi connectivity index (χ4n) is 5.04. The first-order valence-corrected chi connectivity index (χ1v) is 13.2. The van der Waals surface area contributed by atoms with Crippen molar-refractivity contribution in [3.63, 3.8) is 0 Å². The highest BCUT2D eigenvalue weighted by Crippen LogP contribution is 2.45. The van der Waals surface area contributed by atoms with Crippen LogP contribution < -0.4 is 9.64 Å². The van der Waals surface area contributed by atoms with Crippen LogP contribution in [0.1, 0.15) is 47.3 Å². The Kier molecular flexibility index (Phi) is 7.12. The van der Waals surface area contributed by atoms with Crippen LogP contribution in [0.4, 0.5) is 5.69 Å². The van der Waals surface area contributed by atoms with Gasteiger partial charge in [-0.15, -0.1) is 0 Å². The third-order valence-corrected chi connectivity index (χ3v) is 12.6. The fraction of sp³-hybridized carbons (Fsp3) is 0.480. The highest BCUT2D eigenvalue weighted by Gasteiger charge is 2.55. The average Bonchev–Trinajstić information content (AvgIpc) is 3.24. The number of ether oxygens (including phenoxy) is 1.